The van der Waals surface area contributed by atoms with Gasteiger partial charge >= 0.3 is 0 Å². The molecule has 1 N–H and O–H groups in total. The summed E-state index contributed by atoms with van der Waals surface area (Å²) in [6, 6.07) is 13.6. The molecule has 7 nitrogen and oxygen atoms in total. The van der Waals surface area contributed by atoms with Gasteiger partial charge in [-0.05, 0) is 24.3 Å². The zero-order valence-electron chi connectivity index (χ0n) is 16.2. The van der Waals surface area contributed by atoms with Gasteiger partial charge in [0, 0.05) is 28.1 Å². The van der Waals surface area contributed by atoms with Crippen molar-refractivity contribution in [2.24, 2.45) is 10.1 Å². The van der Waals surface area contributed by atoms with E-state index >= 15 is 0 Å². The molecule has 0 atom stereocenters. The average molecular weight is 487 g/mol. The second-order valence-electron chi connectivity index (χ2n) is 6.40. The lowest BCUT2D eigenvalue weighted by atomic mass is 10.1. The zero-order chi connectivity index (χ0) is 20.9. The van der Waals surface area contributed by atoms with E-state index in [0.29, 0.717) is 24.6 Å². The van der Waals surface area contributed by atoms with Gasteiger partial charge in [-0.3, -0.25) is 9.79 Å². The fourth-order valence-electron chi connectivity index (χ4n) is 2.89. The molecule has 4 rings (SSSR count). The molecule has 1 aliphatic rings. The number of hydrogen-bond acceptors (Lipinski definition) is 6. The summed E-state index contributed by atoms with van der Waals surface area (Å²) in [5.74, 6) is 0.488. The molecular weight excluding hydrogens is 468 g/mol. The molecule has 2 heterocycles. The second kappa shape index (κ2) is 9.38. The molecular formula is C21H19BrN4O3S. The van der Waals surface area contributed by atoms with Crippen LogP contribution < -0.4 is 14.9 Å². The van der Waals surface area contributed by atoms with Crippen LogP contribution in [0.4, 0.5) is 5.69 Å². The predicted molar refractivity (Wildman–Crippen MR) is 121 cm³/mol. The summed E-state index contributed by atoms with van der Waals surface area (Å²) in [5, 5.41) is 9.54. The minimum absolute atomic E-state index is 0.0313. The average Bonchev–Trinajstić information content (AvgIpc) is 3.15. The maximum Gasteiger partial charge on any atom is 0.262 e. The van der Waals surface area contributed by atoms with E-state index in [-0.39, 0.29) is 12.5 Å². The third-order valence-electron chi connectivity index (χ3n) is 4.35. The quantitative estimate of drug-likeness (QED) is 0.425. The van der Waals surface area contributed by atoms with Crippen molar-refractivity contribution in [1.82, 2.24) is 4.68 Å². The van der Waals surface area contributed by atoms with Crippen molar-refractivity contribution in [2.75, 3.05) is 32.2 Å². The molecule has 0 spiro atoms. The van der Waals surface area contributed by atoms with E-state index in [1.54, 1.807) is 18.0 Å². The number of nitrogens with zero attached hydrogens (tertiary/aromatic N) is 3. The van der Waals surface area contributed by atoms with Crippen LogP contribution in [-0.2, 0) is 9.53 Å². The van der Waals surface area contributed by atoms with E-state index in [9.17, 15) is 4.79 Å². The fourth-order valence-corrected chi connectivity index (χ4v) is 4.14. The first-order valence-electron chi connectivity index (χ1n) is 9.21. The number of thiazole rings is 1. The van der Waals surface area contributed by atoms with E-state index < -0.39 is 0 Å². The maximum atomic E-state index is 11.7. The normalized spacial score (nSPS) is 13.9. The van der Waals surface area contributed by atoms with Crippen LogP contribution in [0.2, 0.25) is 0 Å². The minimum Gasteiger partial charge on any atom is -0.482 e. The van der Waals surface area contributed by atoms with E-state index in [4.69, 9.17) is 14.6 Å². The summed E-state index contributed by atoms with van der Waals surface area (Å²) in [6.07, 6.45) is 1.79. The topological polar surface area (TPSA) is 77.2 Å². The van der Waals surface area contributed by atoms with Gasteiger partial charge in [0.2, 0.25) is 4.80 Å². The number of nitrogens with one attached hydrogen (secondary N) is 1. The maximum absolute atomic E-state index is 11.7. The second-order valence-corrected chi connectivity index (χ2v) is 8.09. The predicted octanol–water partition coefficient (Wildman–Crippen LogP) is 3.74. The standard InChI is InChI=1S/C21H19BrN4O3S/c1-28-9-8-23-21-26(24-11-15-4-2-3-5-16(15)22)18(13-30-21)14-6-7-19-17(10-14)25-20(27)12-29-19/h2-7,10-11,13H,8-9,12H2,1H3,(H,25,27)/b23-21?,24-11+. The van der Waals surface area contributed by atoms with Crippen LogP contribution in [0.1, 0.15) is 5.56 Å². The number of amides is 1. The highest BCUT2D eigenvalue weighted by Gasteiger charge is 2.17. The van der Waals surface area contributed by atoms with Crippen molar-refractivity contribution in [1.29, 1.82) is 0 Å². The van der Waals surface area contributed by atoms with Crippen molar-refractivity contribution >= 4 is 45.1 Å². The van der Waals surface area contributed by atoms with Crippen LogP contribution >= 0.6 is 27.3 Å². The molecule has 154 valence electrons. The van der Waals surface area contributed by atoms with Crippen molar-refractivity contribution in [2.45, 2.75) is 0 Å². The van der Waals surface area contributed by atoms with E-state index in [2.05, 4.69) is 26.2 Å². The Hall–Kier alpha value is -2.75. The number of anilines is 1. The molecule has 0 saturated carbocycles. The summed E-state index contributed by atoms with van der Waals surface area (Å²) in [7, 11) is 1.65. The Kier molecular flexibility index (Phi) is 6.41. The van der Waals surface area contributed by atoms with Gasteiger partial charge in [-0.15, -0.1) is 11.3 Å². The first-order chi connectivity index (χ1) is 14.7. The van der Waals surface area contributed by atoms with E-state index in [0.717, 1.165) is 26.1 Å². The molecule has 0 bridgehead atoms. The van der Waals surface area contributed by atoms with Gasteiger partial charge in [0.05, 0.1) is 30.7 Å². The Bertz CT molecular complexity index is 1170. The molecule has 0 unspecified atom stereocenters. The van der Waals surface area contributed by atoms with Gasteiger partial charge in [-0.1, -0.05) is 34.1 Å². The van der Waals surface area contributed by atoms with Crippen molar-refractivity contribution < 1.29 is 14.3 Å². The number of rotatable bonds is 6. The lowest BCUT2D eigenvalue weighted by molar-refractivity contribution is -0.118. The Morgan fingerprint density at radius 1 is 1.33 bits per heavy atom. The Labute approximate surface area is 185 Å². The molecule has 1 amide bonds. The number of hydrogen-bond donors (Lipinski definition) is 1. The molecule has 9 heteroatoms. The first kappa shape index (κ1) is 20.5. The summed E-state index contributed by atoms with van der Waals surface area (Å²) in [5.41, 5.74) is 3.36. The molecule has 1 aliphatic heterocycles. The van der Waals surface area contributed by atoms with Gasteiger partial charge < -0.3 is 14.8 Å². The van der Waals surface area contributed by atoms with Crippen molar-refractivity contribution in [3.05, 3.63) is 62.7 Å². The smallest absolute Gasteiger partial charge is 0.262 e. The highest BCUT2D eigenvalue weighted by molar-refractivity contribution is 9.10. The first-order valence-corrected chi connectivity index (χ1v) is 10.9. The summed E-state index contributed by atoms with van der Waals surface area (Å²) >= 11 is 5.04. The third-order valence-corrected chi connectivity index (χ3v) is 5.93. The summed E-state index contributed by atoms with van der Waals surface area (Å²) in [6.45, 7) is 1.10. The molecule has 0 fully saturated rings. The Morgan fingerprint density at radius 2 is 2.20 bits per heavy atom. The summed E-state index contributed by atoms with van der Waals surface area (Å²) < 4.78 is 13.3. The van der Waals surface area contributed by atoms with Gasteiger partial charge in [-0.25, -0.2) is 4.68 Å². The molecule has 2 aromatic carbocycles. The zero-order valence-corrected chi connectivity index (χ0v) is 18.6. The number of methoxy groups -OCH3 is 1. The minimum atomic E-state index is -0.167. The monoisotopic (exact) mass is 486 g/mol. The third kappa shape index (κ3) is 4.53. The molecule has 0 radical (unpaired) electrons. The Balaban J connectivity index is 1.77. The van der Waals surface area contributed by atoms with Crippen LogP contribution in [0.3, 0.4) is 0 Å². The van der Waals surface area contributed by atoms with E-state index in [1.165, 1.54) is 11.3 Å². The van der Waals surface area contributed by atoms with Crippen LogP contribution in [-0.4, -0.2) is 43.7 Å². The number of ether oxygens (including phenoxy) is 2. The van der Waals surface area contributed by atoms with Gasteiger partial charge in [0.1, 0.15) is 5.75 Å². The van der Waals surface area contributed by atoms with Crippen LogP contribution in [0.25, 0.3) is 11.3 Å². The lowest BCUT2D eigenvalue weighted by Crippen LogP contribution is -2.25. The molecule has 1 aromatic heterocycles. The van der Waals surface area contributed by atoms with Gasteiger partial charge in [0.15, 0.2) is 6.61 Å². The Morgan fingerprint density at radius 3 is 3.03 bits per heavy atom. The molecule has 3 aromatic rings. The largest absolute Gasteiger partial charge is 0.482 e. The van der Waals surface area contributed by atoms with Crippen LogP contribution in [0.5, 0.6) is 5.75 Å². The van der Waals surface area contributed by atoms with E-state index in [1.807, 2.05) is 47.8 Å². The summed E-state index contributed by atoms with van der Waals surface area (Å²) in [4.78, 5) is 17.1. The highest BCUT2D eigenvalue weighted by Crippen LogP contribution is 2.32. The number of halogens is 1. The number of carbonyl (C=O) groups is 1. The van der Waals surface area contributed by atoms with Crippen molar-refractivity contribution in [3.63, 3.8) is 0 Å². The molecule has 0 aliphatic carbocycles. The lowest BCUT2D eigenvalue weighted by Gasteiger charge is -2.18. The van der Waals surface area contributed by atoms with Gasteiger partial charge in [0.25, 0.3) is 5.91 Å². The van der Waals surface area contributed by atoms with Crippen LogP contribution in [0, 0.1) is 0 Å². The van der Waals surface area contributed by atoms with Crippen molar-refractivity contribution in [3.8, 4) is 17.0 Å². The molecule has 0 saturated heterocycles. The molecule has 30 heavy (non-hydrogen) atoms. The number of benzene rings is 2. The number of carbonyl (C=O) groups excluding carboxylic acids is 1. The van der Waals surface area contributed by atoms with Crippen LogP contribution in [0.15, 0.2) is 62.4 Å². The highest BCUT2D eigenvalue weighted by atomic mass is 79.9. The number of aromatic nitrogens is 1. The van der Waals surface area contributed by atoms with Gasteiger partial charge in [-0.2, -0.15) is 5.10 Å². The fraction of sp³-hybridized carbons (Fsp3) is 0.190. The number of fused-ring (bicyclic) bond motifs is 1. The SMILES string of the molecule is COCCN=c1scc(-c2ccc3c(c2)NC(=O)CO3)n1/N=C/c1ccccc1Br.